The molecule has 2 aliphatic heterocycles. The highest BCUT2D eigenvalue weighted by Gasteiger charge is 2.25. The van der Waals surface area contributed by atoms with Crippen molar-refractivity contribution >= 4 is 0 Å². The zero-order valence-corrected chi connectivity index (χ0v) is 11.9. The van der Waals surface area contributed by atoms with Crippen molar-refractivity contribution in [2.45, 2.75) is 52.5 Å². The summed E-state index contributed by atoms with van der Waals surface area (Å²) in [5.74, 6) is 2.78. The van der Waals surface area contributed by atoms with Gasteiger partial charge in [0.1, 0.15) is 0 Å². The number of nitrogens with zero attached hydrogens (tertiary/aromatic N) is 1. The average molecular weight is 238 g/mol. The highest BCUT2D eigenvalue weighted by molar-refractivity contribution is 4.82. The lowest BCUT2D eigenvalue weighted by molar-refractivity contribution is 0.134. The van der Waals surface area contributed by atoms with Crippen molar-refractivity contribution in [1.82, 2.24) is 10.2 Å². The van der Waals surface area contributed by atoms with Crippen LogP contribution in [0.3, 0.4) is 0 Å². The van der Waals surface area contributed by atoms with Gasteiger partial charge in [0.2, 0.25) is 0 Å². The molecule has 2 atom stereocenters. The Kier molecular flexibility index (Phi) is 4.87. The van der Waals surface area contributed by atoms with Crippen LogP contribution in [0.25, 0.3) is 0 Å². The van der Waals surface area contributed by atoms with Crippen LogP contribution in [-0.2, 0) is 0 Å². The molecule has 2 rings (SSSR count). The van der Waals surface area contributed by atoms with Gasteiger partial charge in [0.05, 0.1) is 0 Å². The van der Waals surface area contributed by atoms with Gasteiger partial charge in [0.15, 0.2) is 0 Å². The molecule has 17 heavy (non-hydrogen) atoms. The van der Waals surface area contributed by atoms with E-state index in [9.17, 15) is 0 Å². The Hall–Kier alpha value is -0.0800. The van der Waals surface area contributed by atoms with E-state index < -0.39 is 0 Å². The SMILES string of the molecule is CC1CCNC(CN2CCC(C(C)C)CC2)C1. The molecule has 0 aromatic carbocycles. The Morgan fingerprint density at radius 1 is 1.18 bits per heavy atom. The summed E-state index contributed by atoms with van der Waals surface area (Å²) >= 11 is 0. The summed E-state index contributed by atoms with van der Waals surface area (Å²) in [5.41, 5.74) is 0. The van der Waals surface area contributed by atoms with Crippen molar-refractivity contribution in [3.63, 3.8) is 0 Å². The lowest BCUT2D eigenvalue weighted by atomic mass is 9.86. The molecule has 2 fully saturated rings. The summed E-state index contributed by atoms with van der Waals surface area (Å²) in [7, 11) is 0. The molecule has 2 heterocycles. The maximum absolute atomic E-state index is 3.69. The molecule has 100 valence electrons. The molecule has 0 amide bonds. The molecule has 2 heteroatoms. The molecule has 2 aliphatic rings. The quantitative estimate of drug-likeness (QED) is 0.813. The first-order valence-electron chi connectivity index (χ1n) is 7.61. The molecular weight excluding hydrogens is 208 g/mol. The van der Waals surface area contributed by atoms with Crippen LogP contribution in [0.5, 0.6) is 0 Å². The van der Waals surface area contributed by atoms with Gasteiger partial charge >= 0.3 is 0 Å². The third-order valence-electron chi connectivity index (χ3n) is 4.81. The molecule has 0 aromatic rings. The van der Waals surface area contributed by atoms with Crippen molar-refractivity contribution in [1.29, 1.82) is 0 Å². The van der Waals surface area contributed by atoms with Crippen molar-refractivity contribution in [3.05, 3.63) is 0 Å². The standard InChI is InChI=1S/C15H30N2/c1-12(2)14-5-8-17(9-6-14)11-15-10-13(3)4-7-16-15/h12-16H,4-11H2,1-3H3. The zero-order chi connectivity index (χ0) is 12.3. The number of hydrogen-bond donors (Lipinski definition) is 1. The second kappa shape index (κ2) is 6.19. The molecule has 1 N–H and O–H groups in total. The number of piperidine rings is 2. The normalized spacial score (nSPS) is 33.2. The van der Waals surface area contributed by atoms with Crippen LogP contribution < -0.4 is 5.32 Å². The lowest BCUT2D eigenvalue weighted by Crippen LogP contribution is -2.47. The molecule has 0 bridgehead atoms. The van der Waals surface area contributed by atoms with Gasteiger partial charge in [-0.3, -0.25) is 0 Å². The van der Waals surface area contributed by atoms with Crippen LogP contribution in [-0.4, -0.2) is 37.1 Å². The number of hydrogen-bond acceptors (Lipinski definition) is 2. The van der Waals surface area contributed by atoms with Gasteiger partial charge in [-0.25, -0.2) is 0 Å². The fourth-order valence-corrected chi connectivity index (χ4v) is 3.47. The number of nitrogens with one attached hydrogen (secondary N) is 1. The van der Waals surface area contributed by atoms with E-state index in [1.165, 1.54) is 51.9 Å². The average Bonchev–Trinajstić information content (AvgIpc) is 2.29. The molecule has 0 spiro atoms. The first kappa shape index (κ1) is 13.4. The van der Waals surface area contributed by atoms with E-state index in [-0.39, 0.29) is 0 Å². The van der Waals surface area contributed by atoms with Crippen LogP contribution in [0.4, 0.5) is 0 Å². The summed E-state index contributed by atoms with van der Waals surface area (Å²) in [4.78, 5) is 2.69. The fourth-order valence-electron chi connectivity index (χ4n) is 3.47. The van der Waals surface area contributed by atoms with E-state index in [1.807, 2.05) is 0 Å². The van der Waals surface area contributed by atoms with Crippen molar-refractivity contribution < 1.29 is 0 Å². The lowest BCUT2D eigenvalue weighted by Gasteiger charge is -2.37. The summed E-state index contributed by atoms with van der Waals surface area (Å²) in [5, 5.41) is 3.69. The van der Waals surface area contributed by atoms with Crippen molar-refractivity contribution in [2.75, 3.05) is 26.2 Å². The Labute approximate surface area is 107 Å². The molecule has 2 unspecified atom stereocenters. The zero-order valence-electron chi connectivity index (χ0n) is 11.9. The van der Waals surface area contributed by atoms with Crippen LogP contribution in [0, 0.1) is 17.8 Å². The van der Waals surface area contributed by atoms with E-state index in [0.29, 0.717) is 0 Å². The van der Waals surface area contributed by atoms with Gasteiger partial charge < -0.3 is 10.2 Å². The topological polar surface area (TPSA) is 15.3 Å². The minimum Gasteiger partial charge on any atom is -0.313 e. The number of rotatable bonds is 3. The largest absolute Gasteiger partial charge is 0.313 e. The monoisotopic (exact) mass is 238 g/mol. The van der Waals surface area contributed by atoms with Crippen LogP contribution in [0.15, 0.2) is 0 Å². The molecule has 0 saturated carbocycles. The third kappa shape index (κ3) is 3.96. The first-order chi connectivity index (χ1) is 8.15. The third-order valence-corrected chi connectivity index (χ3v) is 4.81. The van der Waals surface area contributed by atoms with Gasteiger partial charge in [-0.05, 0) is 63.1 Å². The van der Waals surface area contributed by atoms with Crippen molar-refractivity contribution in [3.8, 4) is 0 Å². The second-order valence-electron chi connectivity index (χ2n) is 6.66. The Morgan fingerprint density at radius 2 is 1.88 bits per heavy atom. The van der Waals surface area contributed by atoms with Gasteiger partial charge in [0.25, 0.3) is 0 Å². The first-order valence-corrected chi connectivity index (χ1v) is 7.61. The summed E-state index contributed by atoms with van der Waals surface area (Å²) in [6, 6.07) is 0.759. The second-order valence-corrected chi connectivity index (χ2v) is 6.66. The van der Waals surface area contributed by atoms with E-state index in [2.05, 4.69) is 31.0 Å². The fraction of sp³-hybridized carbons (Fsp3) is 1.00. The van der Waals surface area contributed by atoms with Gasteiger partial charge in [-0.2, -0.15) is 0 Å². The minimum absolute atomic E-state index is 0.759. The van der Waals surface area contributed by atoms with Crippen LogP contribution in [0.2, 0.25) is 0 Å². The maximum atomic E-state index is 3.69. The molecule has 2 saturated heterocycles. The van der Waals surface area contributed by atoms with Crippen LogP contribution in [0.1, 0.15) is 46.5 Å². The van der Waals surface area contributed by atoms with E-state index in [4.69, 9.17) is 0 Å². The molecular formula is C15H30N2. The summed E-state index contributed by atoms with van der Waals surface area (Å²) in [6.07, 6.45) is 5.58. The van der Waals surface area contributed by atoms with Crippen molar-refractivity contribution in [2.24, 2.45) is 17.8 Å². The Bertz CT molecular complexity index is 219. The van der Waals surface area contributed by atoms with E-state index in [0.717, 1.165) is 23.8 Å². The Balaban J connectivity index is 1.70. The van der Waals surface area contributed by atoms with E-state index in [1.54, 1.807) is 0 Å². The van der Waals surface area contributed by atoms with Gasteiger partial charge in [-0.1, -0.05) is 20.8 Å². The van der Waals surface area contributed by atoms with Gasteiger partial charge in [-0.15, -0.1) is 0 Å². The minimum atomic E-state index is 0.759. The predicted octanol–water partition coefficient (Wildman–Crippen LogP) is 2.74. The number of likely N-dealkylation sites (tertiary alicyclic amines) is 1. The maximum Gasteiger partial charge on any atom is 0.0197 e. The van der Waals surface area contributed by atoms with Gasteiger partial charge in [0, 0.05) is 12.6 Å². The highest BCUT2D eigenvalue weighted by atomic mass is 15.2. The predicted molar refractivity (Wildman–Crippen MR) is 74.2 cm³/mol. The summed E-state index contributed by atoms with van der Waals surface area (Å²) in [6.45, 7) is 12.3. The molecule has 2 nitrogen and oxygen atoms in total. The molecule has 0 aromatic heterocycles. The van der Waals surface area contributed by atoms with Crippen LogP contribution >= 0.6 is 0 Å². The summed E-state index contributed by atoms with van der Waals surface area (Å²) < 4.78 is 0. The molecule has 0 aliphatic carbocycles. The molecule has 0 radical (unpaired) electrons. The Morgan fingerprint density at radius 3 is 2.47 bits per heavy atom. The van der Waals surface area contributed by atoms with E-state index >= 15 is 0 Å². The highest BCUT2D eigenvalue weighted by Crippen LogP contribution is 2.25. The smallest absolute Gasteiger partial charge is 0.0197 e.